The number of nitrogens with zero attached hydrogens (tertiary/aromatic N) is 1. The fourth-order valence-corrected chi connectivity index (χ4v) is 4.40. The van der Waals surface area contributed by atoms with Crippen LogP contribution >= 0.6 is 0 Å². The maximum atomic E-state index is 13.0. The molecule has 1 aromatic rings. The smallest absolute Gasteiger partial charge is 0.221 e. The number of benzene rings is 1. The maximum absolute atomic E-state index is 13.0. The fraction of sp³-hybridized carbons (Fsp3) is 0.294. The van der Waals surface area contributed by atoms with Gasteiger partial charge in [0.15, 0.2) is 0 Å². The molecule has 0 radical (unpaired) electrons. The van der Waals surface area contributed by atoms with Crippen molar-refractivity contribution in [3.63, 3.8) is 0 Å². The topological polar surface area (TPSA) is 72.5 Å². The molecule has 4 rings (SSSR count). The molecule has 6 nitrogen and oxygen atoms in total. The highest BCUT2D eigenvalue weighted by Crippen LogP contribution is 2.31. The summed E-state index contributed by atoms with van der Waals surface area (Å²) in [6.07, 6.45) is 6.86. The second kappa shape index (κ2) is 5.77. The molecule has 1 aliphatic carbocycles. The van der Waals surface area contributed by atoms with Gasteiger partial charge in [0, 0.05) is 24.4 Å². The van der Waals surface area contributed by atoms with Crippen LogP contribution in [-0.4, -0.2) is 39.9 Å². The minimum Gasteiger partial charge on any atom is -0.445 e. The zero-order valence-corrected chi connectivity index (χ0v) is 14.1. The molecule has 1 aromatic carbocycles. The number of fused-ring (bicyclic) bond motifs is 2. The summed E-state index contributed by atoms with van der Waals surface area (Å²) in [5.74, 6) is 0.759. The van der Waals surface area contributed by atoms with Gasteiger partial charge >= 0.3 is 0 Å². The molecular formula is C17H19N2O4S+. The summed E-state index contributed by atoms with van der Waals surface area (Å²) in [4.78, 5) is 2.46. The summed E-state index contributed by atoms with van der Waals surface area (Å²) in [7, 11) is -1.68. The zero-order chi connectivity index (χ0) is 16.7. The number of sulfone groups is 1. The Morgan fingerprint density at radius 2 is 2.21 bits per heavy atom. The SMILES string of the molecule is CN1C=C2C=C(S(=O)(=O)c3ccc4c(c3)C[NH2+]CO4)C=CC2OC1. The number of hydrogen-bond donors (Lipinski definition) is 1. The zero-order valence-electron chi connectivity index (χ0n) is 13.3. The molecule has 0 amide bonds. The third-order valence-electron chi connectivity index (χ3n) is 4.27. The Balaban J connectivity index is 1.72. The number of nitrogens with two attached hydrogens (primary N) is 1. The lowest BCUT2D eigenvalue weighted by molar-refractivity contribution is -0.699. The van der Waals surface area contributed by atoms with Gasteiger partial charge in [-0.1, -0.05) is 0 Å². The standard InChI is InChI=1S/C17H18N2O4S/c1-19-9-13-7-15(3-5-17(13)23-11-19)24(20,21)14-2-4-16-12(6-14)8-18-10-22-16/h2-7,9,17-18H,8,10-11H2,1H3/p+1. The third kappa shape index (κ3) is 2.64. The van der Waals surface area contributed by atoms with Gasteiger partial charge in [0.2, 0.25) is 16.6 Å². The number of allylic oxidation sites excluding steroid dienone is 1. The quantitative estimate of drug-likeness (QED) is 0.843. The van der Waals surface area contributed by atoms with Gasteiger partial charge in [0.25, 0.3) is 0 Å². The predicted molar refractivity (Wildman–Crippen MR) is 87.6 cm³/mol. The highest BCUT2D eigenvalue weighted by molar-refractivity contribution is 7.95. The molecule has 2 N–H and O–H groups in total. The molecule has 0 saturated heterocycles. The Bertz CT molecular complexity index is 871. The van der Waals surface area contributed by atoms with Crippen molar-refractivity contribution in [2.24, 2.45) is 0 Å². The Morgan fingerprint density at radius 1 is 1.33 bits per heavy atom. The van der Waals surface area contributed by atoms with E-state index in [-0.39, 0.29) is 11.0 Å². The Labute approximate surface area is 141 Å². The van der Waals surface area contributed by atoms with Gasteiger partial charge in [-0.05, 0) is 36.4 Å². The normalized spacial score (nSPS) is 22.9. The highest BCUT2D eigenvalue weighted by Gasteiger charge is 2.27. The van der Waals surface area contributed by atoms with E-state index in [0.29, 0.717) is 18.4 Å². The van der Waals surface area contributed by atoms with Crippen LogP contribution in [0.5, 0.6) is 5.75 Å². The van der Waals surface area contributed by atoms with Crippen molar-refractivity contribution < 1.29 is 23.2 Å². The molecule has 0 spiro atoms. The first kappa shape index (κ1) is 15.4. The van der Waals surface area contributed by atoms with Crippen LogP contribution in [0.4, 0.5) is 0 Å². The number of quaternary nitrogens is 1. The van der Waals surface area contributed by atoms with E-state index in [1.165, 1.54) is 0 Å². The van der Waals surface area contributed by atoms with Crippen LogP contribution in [0.25, 0.3) is 0 Å². The van der Waals surface area contributed by atoms with Crippen molar-refractivity contribution in [3.8, 4) is 5.75 Å². The molecule has 0 bridgehead atoms. The fourth-order valence-electron chi connectivity index (χ4n) is 3.03. The molecule has 7 heteroatoms. The molecular weight excluding hydrogens is 328 g/mol. The van der Waals surface area contributed by atoms with Crippen molar-refractivity contribution in [1.29, 1.82) is 0 Å². The van der Waals surface area contributed by atoms with Gasteiger partial charge in [-0.2, -0.15) is 0 Å². The van der Waals surface area contributed by atoms with Gasteiger partial charge in [0.1, 0.15) is 25.1 Å². The van der Waals surface area contributed by atoms with E-state index in [4.69, 9.17) is 9.47 Å². The van der Waals surface area contributed by atoms with E-state index >= 15 is 0 Å². The van der Waals surface area contributed by atoms with Crippen LogP contribution in [0.1, 0.15) is 5.56 Å². The van der Waals surface area contributed by atoms with E-state index in [1.807, 2.05) is 23.5 Å². The van der Waals surface area contributed by atoms with E-state index in [9.17, 15) is 8.42 Å². The lowest BCUT2D eigenvalue weighted by Gasteiger charge is -2.29. The molecule has 0 saturated carbocycles. The Hall–Kier alpha value is -2.09. The van der Waals surface area contributed by atoms with Crippen LogP contribution in [0.15, 0.2) is 58.0 Å². The lowest BCUT2D eigenvalue weighted by Crippen LogP contribution is -2.85. The van der Waals surface area contributed by atoms with Gasteiger partial charge < -0.3 is 19.7 Å². The highest BCUT2D eigenvalue weighted by atomic mass is 32.2. The number of hydrogen-bond acceptors (Lipinski definition) is 5. The van der Waals surface area contributed by atoms with Crippen LogP contribution in [0.2, 0.25) is 0 Å². The summed E-state index contributed by atoms with van der Waals surface area (Å²) in [6.45, 7) is 1.78. The van der Waals surface area contributed by atoms with Gasteiger partial charge in [-0.25, -0.2) is 8.42 Å². The molecule has 0 fully saturated rings. The van der Waals surface area contributed by atoms with E-state index < -0.39 is 9.84 Å². The van der Waals surface area contributed by atoms with Crippen molar-refractivity contribution >= 4 is 9.84 Å². The molecule has 24 heavy (non-hydrogen) atoms. The van der Waals surface area contributed by atoms with Gasteiger partial charge in [-0.15, -0.1) is 0 Å². The molecule has 2 aliphatic heterocycles. The average Bonchev–Trinajstić information content (AvgIpc) is 2.60. The van der Waals surface area contributed by atoms with Crippen LogP contribution in [0, 0.1) is 0 Å². The van der Waals surface area contributed by atoms with Crippen LogP contribution in [0.3, 0.4) is 0 Å². The second-order valence-electron chi connectivity index (χ2n) is 6.09. The summed E-state index contributed by atoms with van der Waals surface area (Å²) >= 11 is 0. The third-order valence-corrected chi connectivity index (χ3v) is 6.02. The average molecular weight is 347 g/mol. The van der Waals surface area contributed by atoms with Gasteiger partial charge in [0.05, 0.1) is 9.80 Å². The van der Waals surface area contributed by atoms with E-state index in [1.54, 1.807) is 36.4 Å². The van der Waals surface area contributed by atoms with E-state index in [0.717, 1.165) is 23.4 Å². The first-order valence-electron chi connectivity index (χ1n) is 7.80. The molecule has 1 atom stereocenters. The van der Waals surface area contributed by atoms with E-state index in [2.05, 4.69) is 0 Å². The molecule has 3 aliphatic rings. The molecule has 126 valence electrons. The summed E-state index contributed by atoms with van der Waals surface area (Å²) in [6, 6.07) is 5.05. The largest absolute Gasteiger partial charge is 0.445 e. The Morgan fingerprint density at radius 3 is 3.08 bits per heavy atom. The first-order valence-corrected chi connectivity index (χ1v) is 9.28. The van der Waals surface area contributed by atoms with Crippen molar-refractivity contribution in [2.75, 3.05) is 20.5 Å². The van der Waals surface area contributed by atoms with Crippen molar-refractivity contribution in [2.45, 2.75) is 17.5 Å². The summed E-state index contributed by atoms with van der Waals surface area (Å²) in [5, 5.41) is 1.99. The van der Waals surface area contributed by atoms with Crippen LogP contribution < -0.4 is 10.1 Å². The van der Waals surface area contributed by atoms with Crippen molar-refractivity contribution in [3.05, 3.63) is 58.7 Å². The number of rotatable bonds is 2. The molecule has 2 heterocycles. The minimum absolute atomic E-state index is 0.174. The van der Waals surface area contributed by atoms with Crippen LogP contribution in [-0.2, 0) is 21.1 Å². The second-order valence-corrected chi connectivity index (χ2v) is 8.03. The Kier molecular flexibility index (Phi) is 3.71. The summed E-state index contributed by atoms with van der Waals surface area (Å²) in [5.41, 5.74) is 1.75. The molecule has 0 aromatic heterocycles. The first-order chi connectivity index (χ1) is 11.5. The maximum Gasteiger partial charge on any atom is 0.221 e. The lowest BCUT2D eigenvalue weighted by atomic mass is 10.0. The summed E-state index contributed by atoms with van der Waals surface area (Å²) < 4.78 is 37.1. The van der Waals surface area contributed by atoms with Gasteiger partial charge in [-0.3, -0.25) is 0 Å². The minimum atomic E-state index is -3.57. The monoisotopic (exact) mass is 347 g/mol. The molecule has 1 unspecified atom stereocenters. The number of ether oxygens (including phenoxy) is 2. The van der Waals surface area contributed by atoms with Crippen molar-refractivity contribution in [1.82, 2.24) is 4.90 Å². The predicted octanol–water partition coefficient (Wildman–Crippen LogP) is 0.499.